The Balaban J connectivity index is 1.99. The topological polar surface area (TPSA) is 45.4 Å². The van der Waals surface area contributed by atoms with E-state index in [9.17, 15) is 0 Å². The molecule has 1 aromatic rings. The summed E-state index contributed by atoms with van der Waals surface area (Å²) in [4.78, 5) is 4.70. The lowest BCUT2D eigenvalue weighted by Gasteiger charge is -2.35. The van der Waals surface area contributed by atoms with Crippen LogP contribution >= 0.6 is 11.5 Å². The van der Waals surface area contributed by atoms with Crippen molar-refractivity contribution in [3.8, 4) is 0 Å². The van der Waals surface area contributed by atoms with Crippen molar-refractivity contribution in [1.29, 1.82) is 0 Å². The second-order valence-corrected chi connectivity index (χ2v) is 5.02. The molecule has 5 heteroatoms. The average molecular weight is 226 g/mol. The largest absolute Gasteiger partial charge is 0.383 e. The fraction of sp³-hybridized carbons (Fsp3) is 0.700. The Bertz CT molecular complexity index is 317. The Hall–Kier alpha value is -0.810. The van der Waals surface area contributed by atoms with Crippen molar-refractivity contribution < 1.29 is 0 Å². The molecular formula is C10H18N4S. The molecule has 2 rings (SSSR count). The molecule has 0 aromatic carbocycles. The summed E-state index contributed by atoms with van der Waals surface area (Å²) >= 11 is 1.49. The standard InChI is InChI=1S/C10H18N4S/c1-13-5-3-8(4-6-13)14(2)10-7-9(11)12-15-10/h7-8H,3-6H2,1-2H3,(H2,11,12). The lowest BCUT2D eigenvalue weighted by Crippen LogP contribution is -2.41. The quantitative estimate of drug-likeness (QED) is 0.824. The van der Waals surface area contributed by atoms with E-state index in [-0.39, 0.29) is 0 Å². The summed E-state index contributed by atoms with van der Waals surface area (Å²) < 4.78 is 4.11. The first kappa shape index (κ1) is 10.7. The molecule has 4 nitrogen and oxygen atoms in total. The van der Waals surface area contributed by atoms with Crippen molar-refractivity contribution in [2.75, 3.05) is 37.8 Å². The fourth-order valence-electron chi connectivity index (χ4n) is 2.01. The third kappa shape index (κ3) is 2.41. The van der Waals surface area contributed by atoms with Crippen molar-refractivity contribution in [1.82, 2.24) is 9.27 Å². The van der Waals surface area contributed by atoms with Gasteiger partial charge in [-0.25, -0.2) is 0 Å². The molecule has 2 N–H and O–H groups in total. The van der Waals surface area contributed by atoms with Gasteiger partial charge in [0.15, 0.2) is 0 Å². The van der Waals surface area contributed by atoms with E-state index in [4.69, 9.17) is 5.73 Å². The Labute approximate surface area is 94.8 Å². The highest BCUT2D eigenvalue weighted by Gasteiger charge is 2.21. The molecule has 1 aliphatic heterocycles. The number of piperidine rings is 1. The number of rotatable bonds is 2. The van der Waals surface area contributed by atoms with Crippen molar-refractivity contribution in [3.05, 3.63) is 6.07 Å². The molecule has 0 spiro atoms. The zero-order valence-corrected chi connectivity index (χ0v) is 10.1. The lowest BCUT2D eigenvalue weighted by molar-refractivity contribution is 0.253. The summed E-state index contributed by atoms with van der Waals surface area (Å²) in [6, 6.07) is 2.60. The molecule has 1 saturated heterocycles. The first-order chi connectivity index (χ1) is 7.16. The summed E-state index contributed by atoms with van der Waals surface area (Å²) in [5.74, 6) is 0.634. The van der Waals surface area contributed by atoms with E-state index in [0.717, 1.165) is 0 Å². The summed E-state index contributed by atoms with van der Waals surface area (Å²) in [7, 11) is 4.32. The third-order valence-corrected chi connectivity index (χ3v) is 3.99. The van der Waals surface area contributed by atoms with Gasteiger partial charge in [0.05, 0.1) is 0 Å². The van der Waals surface area contributed by atoms with E-state index < -0.39 is 0 Å². The van der Waals surface area contributed by atoms with E-state index in [0.29, 0.717) is 11.9 Å². The van der Waals surface area contributed by atoms with Crippen LogP contribution in [0.4, 0.5) is 10.8 Å². The number of nitrogens with two attached hydrogens (primary N) is 1. The van der Waals surface area contributed by atoms with Crippen LogP contribution in [-0.2, 0) is 0 Å². The minimum absolute atomic E-state index is 0.634. The normalized spacial score (nSPS) is 19.3. The van der Waals surface area contributed by atoms with Crippen LogP contribution in [0.1, 0.15) is 12.8 Å². The van der Waals surface area contributed by atoms with E-state index >= 15 is 0 Å². The summed E-state index contributed by atoms with van der Waals surface area (Å²) in [6.07, 6.45) is 2.45. The van der Waals surface area contributed by atoms with E-state index in [1.807, 2.05) is 6.07 Å². The van der Waals surface area contributed by atoms with Gasteiger partial charge in [0.1, 0.15) is 10.8 Å². The van der Waals surface area contributed by atoms with Gasteiger partial charge in [-0.3, -0.25) is 0 Å². The number of nitrogen functional groups attached to an aromatic ring is 1. The predicted molar refractivity (Wildman–Crippen MR) is 65.4 cm³/mol. The third-order valence-electron chi connectivity index (χ3n) is 3.10. The SMILES string of the molecule is CN1CCC(N(C)c2cc(N)ns2)CC1. The average Bonchev–Trinajstić information content (AvgIpc) is 2.65. The van der Waals surface area contributed by atoms with Crippen LogP contribution in [0.2, 0.25) is 0 Å². The molecule has 0 saturated carbocycles. The molecule has 84 valence electrons. The Kier molecular flexibility index (Phi) is 3.11. The number of hydrogen-bond donors (Lipinski definition) is 1. The summed E-state index contributed by atoms with van der Waals surface area (Å²) in [5, 5.41) is 1.18. The van der Waals surface area contributed by atoms with Gasteiger partial charge in [0, 0.05) is 19.2 Å². The van der Waals surface area contributed by atoms with E-state index in [1.54, 1.807) is 0 Å². The summed E-state index contributed by atoms with van der Waals surface area (Å²) in [6.45, 7) is 2.37. The lowest BCUT2D eigenvalue weighted by atomic mass is 10.0. The van der Waals surface area contributed by atoms with Crippen LogP contribution < -0.4 is 10.6 Å². The van der Waals surface area contributed by atoms with Crippen molar-refractivity contribution in [3.63, 3.8) is 0 Å². The van der Waals surface area contributed by atoms with Crippen LogP contribution in [0, 0.1) is 0 Å². The Morgan fingerprint density at radius 3 is 2.73 bits per heavy atom. The van der Waals surface area contributed by atoms with Gasteiger partial charge >= 0.3 is 0 Å². The number of aromatic nitrogens is 1. The minimum atomic E-state index is 0.634. The van der Waals surface area contributed by atoms with E-state index in [1.165, 1.54) is 42.5 Å². The molecule has 0 aliphatic carbocycles. The smallest absolute Gasteiger partial charge is 0.139 e. The maximum absolute atomic E-state index is 5.63. The van der Waals surface area contributed by atoms with Crippen LogP contribution in [-0.4, -0.2) is 42.5 Å². The highest BCUT2D eigenvalue weighted by atomic mass is 32.1. The van der Waals surface area contributed by atoms with Crippen molar-refractivity contribution in [2.24, 2.45) is 0 Å². The number of likely N-dealkylation sites (tertiary alicyclic amines) is 1. The second-order valence-electron chi connectivity index (χ2n) is 4.24. The van der Waals surface area contributed by atoms with Crippen LogP contribution in [0.3, 0.4) is 0 Å². The molecule has 0 atom stereocenters. The van der Waals surface area contributed by atoms with Crippen LogP contribution in [0.15, 0.2) is 6.07 Å². The molecular weight excluding hydrogens is 208 g/mol. The minimum Gasteiger partial charge on any atom is -0.383 e. The van der Waals surface area contributed by atoms with E-state index in [2.05, 4.69) is 28.3 Å². The molecule has 1 aromatic heterocycles. The first-order valence-electron chi connectivity index (χ1n) is 5.30. The van der Waals surface area contributed by atoms with Gasteiger partial charge in [-0.15, -0.1) is 0 Å². The zero-order chi connectivity index (χ0) is 10.8. The maximum atomic E-state index is 5.63. The Morgan fingerprint density at radius 2 is 2.20 bits per heavy atom. The molecule has 1 aliphatic rings. The van der Waals surface area contributed by atoms with Gasteiger partial charge < -0.3 is 15.5 Å². The molecule has 0 amide bonds. The van der Waals surface area contributed by atoms with Crippen LogP contribution in [0.5, 0.6) is 0 Å². The molecule has 1 fully saturated rings. The number of hydrogen-bond acceptors (Lipinski definition) is 5. The molecule has 0 unspecified atom stereocenters. The van der Waals surface area contributed by atoms with Crippen molar-refractivity contribution in [2.45, 2.75) is 18.9 Å². The van der Waals surface area contributed by atoms with Gasteiger partial charge in [-0.2, -0.15) is 4.37 Å². The maximum Gasteiger partial charge on any atom is 0.139 e. The van der Waals surface area contributed by atoms with Gasteiger partial charge in [-0.1, -0.05) is 0 Å². The highest BCUT2D eigenvalue weighted by molar-refractivity contribution is 7.10. The Morgan fingerprint density at radius 1 is 1.53 bits per heavy atom. The first-order valence-corrected chi connectivity index (χ1v) is 6.07. The number of nitrogens with zero attached hydrogens (tertiary/aromatic N) is 3. The second kappa shape index (κ2) is 4.37. The monoisotopic (exact) mass is 226 g/mol. The molecule has 0 bridgehead atoms. The van der Waals surface area contributed by atoms with Gasteiger partial charge in [0.25, 0.3) is 0 Å². The summed E-state index contributed by atoms with van der Waals surface area (Å²) in [5.41, 5.74) is 5.63. The van der Waals surface area contributed by atoms with Crippen LogP contribution in [0.25, 0.3) is 0 Å². The fourth-order valence-corrected chi connectivity index (χ4v) is 2.71. The number of anilines is 2. The predicted octanol–water partition coefficient (Wildman–Crippen LogP) is 1.26. The molecule has 2 heterocycles. The molecule has 0 radical (unpaired) electrons. The van der Waals surface area contributed by atoms with Gasteiger partial charge in [0.2, 0.25) is 0 Å². The van der Waals surface area contributed by atoms with Crippen molar-refractivity contribution >= 4 is 22.4 Å². The highest BCUT2D eigenvalue weighted by Crippen LogP contribution is 2.26. The molecule has 15 heavy (non-hydrogen) atoms. The van der Waals surface area contributed by atoms with Gasteiger partial charge in [-0.05, 0) is 44.5 Å². The zero-order valence-electron chi connectivity index (χ0n) is 9.31.